The molecule has 18 heavy (non-hydrogen) atoms. The van der Waals surface area contributed by atoms with Gasteiger partial charge in [0.2, 0.25) is 0 Å². The van der Waals surface area contributed by atoms with Crippen LogP contribution in [0.25, 0.3) is 0 Å². The molecule has 3 nitrogen and oxygen atoms in total. The normalized spacial score (nSPS) is 12.6. The highest BCUT2D eigenvalue weighted by atomic mass is 32.2. The van der Waals surface area contributed by atoms with Gasteiger partial charge in [-0.15, -0.1) is 11.8 Å². The maximum atomic E-state index is 4.24. The van der Waals surface area contributed by atoms with Crippen molar-refractivity contribution in [1.82, 2.24) is 15.1 Å². The number of nitrogens with one attached hydrogen (secondary N) is 1. The van der Waals surface area contributed by atoms with E-state index in [0.717, 1.165) is 12.3 Å². The maximum Gasteiger partial charge on any atom is 0.0537 e. The predicted octanol–water partition coefficient (Wildman–Crippen LogP) is 2.86. The molecule has 96 valence electrons. The summed E-state index contributed by atoms with van der Waals surface area (Å²) in [5, 5.41) is 7.75. The van der Waals surface area contributed by atoms with Gasteiger partial charge in [0, 0.05) is 35.5 Å². The molecule has 0 saturated heterocycles. The molecular weight excluding hydrogens is 242 g/mol. The van der Waals surface area contributed by atoms with E-state index in [4.69, 9.17) is 0 Å². The number of benzene rings is 1. The molecule has 1 unspecified atom stereocenters. The number of aryl methyl sites for hydroxylation is 1. The third-order valence-electron chi connectivity index (χ3n) is 2.74. The average Bonchev–Trinajstić information content (AvgIpc) is 2.82. The fraction of sp³-hybridized carbons (Fsp3) is 0.357. The van der Waals surface area contributed by atoms with Crippen LogP contribution in [0.5, 0.6) is 0 Å². The van der Waals surface area contributed by atoms with Gasteiger partial charge in [-0.3, -0.25) is 4.68 Å². The van der Waals surface area contributed by atoms with Gasteiger partial charge in [-0.2, -0.15) is 5.10 Å². The molecule has 0 aliphatic carbocycles. The zero-order valence-corrected chi connectivity index (χ0v) is 11.7. The van der Waals surface area contributed by atoms with Crippen molar-refractivity contribution < 1.29 is 0 Å². The molecule has 2 aromatic rings. The standard InChI is InChI=1S/C14H19N3S/c1-3-15-14(12-9-16-17(2)10-12)11-18-13-7-5-4-6-8-13/h4-10,14-15H,3,11H2,1-2H3. The van der Waals surface area contributed by atoms with Crippen molar-refractivity contribution in [2.24, 2.45) is 7.05 Å². The number of thioether (sulfide) groups is 1. The van der Waals surface area contributed by atoms with Crippen LogP contribution in [0.1, 0.15) is 18.5 Å². The predicted molar refractivity (Wildman–Crippen MR) is 76.8 cm³/mol. The lowest BCUT2D eigenvalue weighted by Crippen LogP contribution is -2.22. The summed E-state index contributed by atoms with van der Waals surface area (Å²) in [5.41, 5.74) is 1.25. The van der Waals surface area contributed by atoms with Crippen molar-refractivity contribution in [2.45, 2.75) is 17.9 Å². The van der Waals surface area contributed by atoms with Gasteiger partial charge < -0.3 is 5.32 Å². The summed E-state index contributed by atoms with van der Waals surface area (Å²) in [6.45, 7) is 3.10. The van der Waals surface area contributed by atoms with Crippen LogP contribution >= 0.6 is 11.8 Å². The fourth-order valence-electron chi connectivity index (χ4n) is 1.84. The molecule has 0 amide bonds. The van der Waals surface area contributed by atoms with E-state index in [2.05, 4.69) is 47.8 Å². The highest BCUT2D eigenvalue weighted by molar-refractivity contribution is 7.99. The Kier molecular flexibility index (Phi) is 4.84. The molecule has 0 aliphatic heterocycles. The van der Waals surface area contributed by atoms with E-state index in [0.29, 0.717) is 6.04 Å². The summed E-state index contributed by atoms with van der Waals surface area (Å²) in [7, 11) is 1.96. The van der Waals surface area contributed by atoms with Crippen molar-refractivity contribution >= 4 is 11.8 Å². The highest BCUT2D eigenvalue weighted by Crippen LogP contribution is 2.24. The molecule has 1 heterocycles. The van der Waals surface area contributed by atoms with Crippen LogP contribution in [-0.2, 0) is 7.05 Å². The summed E-state index contributed by atoms with van der Waals surface area (Å²) < 4.78 is 1.85. The molecule has 1 atom stereocenters. The van der Waals surface area contributed by atoms with Crippen molar-refractivity contribution in [1.29, 1.82) is 0 Å². The van der Waals surface area contributed by atoms with Crippen LogP contribution in [0.2, 0.25) is 0 Å². The number of hydrogen-bond donors (Lipinski definition) is 1. The summed E-state index contributed by atoms with van der Waals surface area (Å²) in [6.07, 6.45) is 4.03. The molecule has 4 heteroatoms. The minimum absolute atomic E-state index is 0.355. The second kappa shape index (κ2) is 6.61. The zero-order chi connectivity index (χ0) is 12.8. The Balaban J connectivity index is 1.98. The molecular formula is C14H19N3S. The first-order valence-electron chi connectivity index (χ1n) is 6.19. The number of nitrogens with zero attached hydrogens (tertiary/aromatic N) is 2. The van der Waals surface area contributed by atoms with E-state index in [1.807, 2.05) is 35.8 Å². The molecule has 0 saturated carbocycles. The number of hydrogen-bond acceptors (Lipinski definition) is 3. The molecule has 1 N–H and O–H groups in total. The number of rotatable bonds is 6. The van der Waals surface area contributed by atoms with Gasteiger partial charge in [-0.05, 0) is 18.7 Å². The second-order valence-corrected chi connectivity index (χ2v) is 5.28. The lowest BCUT2D eigenvalue weighted by molar-refractivity contribution is 0.605. The maximum absolute atomic E-state index is 4.24. The fourth-order valence-corrected chi connectivity index (χ4v) is 2.85. The van der Waals surface area contributed by atoms with Gasteiger partial charge in [0.15, 0.2) is 0 Å². The second-order valence-electron chi connectivity index (χ2n) is 4.18. The quantitative estimate of drug-likeness (QED) is 0.811. The summed E-state index contributed by atoms with van der Waals surface area (Å²) in [6, 6.07) is 10.9. The van der Waals surface area contributed by atoms with E-state index >= 15 is 0 Å². The van der Waals surface area contributed by atoms with Crippen molar-refractivity contribution in [3.8, 4) is 0 Å². The smallest absolute Gasteiger partial charge is 0.0537 e. The van der Waals surface area contributed by atoms with Crippen molar-refractivity contribution in [2.75, 3.05) is 12.3 Å². The first-order valence-corrected chi connectivity index (χ1v) is 7.18. The third-order valence-corrected chi connectivity index (χ3v) is 3.84. The first kappa shape index (κ1) is 13.2. The Labute approximate surface area is 113 Å². The zero-order valence-electron chi connectivity index (χ0n) is 10.8. The number of aromatic nitrogens is 2. The van der Waals surface area contributed by atoms with Crippen molar-refractivity contribution in [3.05, 3.63) is 48.3 Å². The summed E-state index contributed by atoms with van der Waals surface area (Å²) in [5.74, 6) is 1.02. The highest BCUT2D eigenvalue weighted by Gasteiger charge is 2.12. The molecule has 1 aromatic heterocycles. The lowest BCUT2D eigenvalue weighted by atomic mass is 10.2. The van der Waals surface area contributed by atoms with E-state index in [-0.39, 0.29) is 0 Å². The molecule has 0 fully saturated rings. The molecule has 0 aliphatic rings. The van der Waals surface area contributed by atoms with Gasteiger partial charge in [-0.25, -0.2) is 0 Å². The molecule has 0 radical (unpaired) electrons. The third kappa shape index (κ3) is 3.62. The van der Waals surface area contributed by atoms with Crippen LogP contribution in [0.4, 0.5) is 0 Å². The van der Waals surface area contributed by atoms with Crippen LogP contribution in [0, 0.1) is 0 Å². The van der Waals surface area contributed by atoms with E-state index in [1.54, 1.807) is 0 Å². The Hall–Kier alpha value is -1.26. The van der Waals surface area contributed by atoms with Gasteiger partial charge >= 0.3 is 0 Å². The topological polar surface area (TPSA) is 29.9 Å². The Morgan fingerprint density at radius 1 is 1.33 bits per heavy atom. The largest absolute Gasteiger partial charge is 0.309 e. The minimum atomic E-state index is 0.355. The molecule has 0 bridgehead atoms. The Morgan fingerprint density at radius 2 is 2.11 bits per heavy atom. The first-order chi connectivity index (χ1) is 8.79. The molecule has 1 aromatic carbocycles. The Morgan fingerprint density at radius 3 is 2.72 bits per heavy atom. The monoisotopic (exact) mass is 261 g/mol. The van der Waals surface area contributed by atoms with Crippen LogP contribution in [-0.4, -0.2) is 22.1 Å². The van der Waals surface area contributed by atoms with E-state index < -0.39 is 0 Å². The lowest BCUT2D eigenvalue weighted by Gasteiger charge is -2.15. The SMILES string of the molecule is CCNC(CSc1ccccc1)c1cnn(C)c1. The molecule has 0 spiro atoms. The molecule has 2 rings (SSSR count). The minimum Gasteiger partial charge on any atom is -0.309 e. The van der Waals surface area contributed by atoms with Crippen LogP contribution in [0.15, 0.2) is 47.6 Å². The van der Waals surface area contributed by atoms with Crippen molar-refractivity contribution in [3.63, 3.8) is 0 Å². The van der Waals surface area contributed by atoms with Gasteiger partial charge in [0.1, 0.15) is 0 Å². The van der Waals surface area contributed by atoms with Gasteiger partial charge in [-0.1, -0.05) is 25.1 Å². The van der Waals surface area contributed by atoms with Crippen LogP contribution < -0.4 is 5.32 Å². The van der Waals surface area contributed by atoms with Gasteiger partial charge in [0.05, 0.1) is 6.20 Å². The van der Waals surface area contributed by atoms with E-state index in [9.17, 15) is 0 Å². The van der Waals surface area contributed by atoms with Crippen LogP contribution in [0.3, 0.4) is 0 Å². The average molecular weight is 261 g/mol. The Bertz CT molecular complexity index is 467. The summed E-state index contributed by atoms with van der Waals surface area (Å²) >= 11 is 1.87. The summed E-state index contributed by atoms with van der Waals surface area (Å²) in [4.78, 5) is 1.31. The van der Waals surface area contributed by atoms with Gasteiger partial charge in [0.25, 0.3) is 0 Å². The van der Waals surface area contributed by atoms with E-state index in [1.165, 1.54) is 10.5 Å².